The van der Waals surface area contributed by atoms with Crippen LogP contribution in [0.2, 0.25) is 0 Å². The van der Waals surface area contributed by atoms with Crippen molar-refractivity contribution < 1.29 is 9.59 Å². The van der Waals surface area contributed by atoms with E-state index < -0.39 is 0 Å². The molecule has 0 aliphatic heterocycles. The second-order valence-electron chi connectivity index (χ2n) is 7.05. The fraction of sp³-hybridized carbons (Fsp3) is 0.421. The maximum atomic E-state index is 12.2. The molecule has 3 N–H and O–H groups in total. The minimum atomic E-state index is -0.245. The number of carbonyl (C=O) groups is 2. The molecule has 0 saturated heterocycles. The molecule has 0 unspecified atom stereocenters. The molecule has 1 aliphatic carbocycles. The summed E-state index contributed by atoms with van der Waals surface area (Å²) in [5.41, 5.74) is 2.95. The molecular weight excluding hydrogens is 316 g/mol. The molecule has 3 rings (SSSR count). The van der Waals surface area contributed by atoms with Crippen molar-refractivity contribution >= 4 is 17.5 Å². The number of aromatic nitrogens is 2. The van der Waals surface area contributed by atoms with Gasteiger partial charge in [-0.3, -0.25) is 14.7 Å². The van der Waals surface area contributed by atoms with Gasteiger partial charge >= 0.3 is 0 Å². The van der Waals surface area contributed by atoms with Gasteiger partial charge in [0.15, 0.2) is 5.69 Å². The molecule has 132 valence electrons. The van der Waals surface area contributed by atoms with Crippen LogP contribution in [0.1, 0.15) is 48.4 Å². The summed E-state index contributed by atoms with van der Waals surface area (Å²) in [6, 6.07) is 9.48. The SMILES string of the molecule is CC(C)Cc1cc(C(=O)Nc2ccc(CC(=O)NC3CC3)cc2)n[nH]1. The molecule has 1 fully saturated rings. The Balaban J connectivity index is 1.54. The Labute approximate surface area is 147 Å². The van der Waals surface area contributed by atoms with Gasteiger partial charge in [0, 0.05) is 17.4 Å². The summed E-state index contributed by atoms with van der Waals surface area (Å²) in [5.74, 6) is 0.306. The predicted molar refractivity (Wildman–Crippen MR) is 96.4 cm³/mol. The molecule has 1 aromatic heterocycles. The third-order valence-electron chi connectivity index (χ3n) is 4.01. The van der Waals surface area contributed by atoms with E-state index in [9.17, 15) is 9.59 Å². The number of amides is 2. The van der Waals surface area contributed by atoms with Gasteiger partial charge in [-0.15, -0.1) is 0 Å². The first kappa shape index (κ1) is 17.2. The van der Waals surface area contributed by atoms with E-state index in [1.54, 1.807) is 18.2 Å². The van der Waals surface area contributed by atoms with Gasteiger partial charge in [0.2, 0.25) is 5.91 Å². The molecule has 2 amide bonds. The summed E-state index contributed by atoms with van der Waals surface area (Å²) in [5, 5.41) is 12.8. The number of benzene rings is 1. The lowest BCUT2D eigenvalue weighted by Crippen LogP contribution is -2.26. The molecule has 1 aliphatic rings. The Morgan fingerprint density at radius 2 is 1.96 bits per heavy atom. The average molecular weight is 340 g/mol. The number of H-pyrrole nitrogens is 1. The first-order valence-electron chi connectivity index (χ1n) is 8.73. The highest BCUT2D eigenvalue weighted by molar-refractivity contribution is 6.02. The summed E-state index contributed by atoms with van der Waals surface area (Å²) in [6.45, 7) is 4.24. The van der Waals surface area contributed by atoms with Crippen LogP contribution in [0.3, 0.4) is 0 Å². The standard InChI is InChI=1S/C19H24N4O2/c1-12(2)9-16-11-17(23-22-16)19(25)21-15-5-3-13(4-6-15)10-18(24)20-14-7-8-14/h3-6,11-12,14H,7-10H2,1-2H3,(H,20,24)(H,21,25)(H,22,23). The second-order valence-corrected chi connectivity index (χ2v) is 7.05. The smallest absolute Gasteiger partial charge is 0.276 e. The number of carbonyl (C=O) groups excluding carboxylic acids is 2. The van der Waals surface area contributed by atoms with Crippen molar-refractivity contribution in [3.05, 3.63) is 47.3 Å². The van der Waals surface area contributed by atoms with Crippen molar-refractivity contribution in [3.8, 4) is 0 Å². The van der Waals surface area contributed by atoms with E-state index in [0.29, 0.717) is 29.8 Å². The van der Waals surface area contributed by atoms with Crippen LogP contribution >= 0.6 is 0 Å². The van der Waals surface area contributed by atoms with E-state index in [4.69, 9.17) is 0 Å². The Morgan fingerprint density at radius 3 is 2.60 bits per heavy atom. The Bertz CT molecular complexity index is 745. The first-order chi connectivity index (χ1) is 12.0. The molecule has 1 heterocycles. The molecule has 0 bridgehead atoms. The van der Waals surface area contributed by atoms with Crippen LogP contribution in [0.4, 0.5) is 5.69 Å². The number of aromatic amines is 1. The molecule has 6 nitrogen and oxygen atoms in total. The quantitative estimate of drug-likeness (QED) is 0.724. The molecule has 0 atom stereocenters. The maximum Gasteiger partial charge on any atom is 0.276 e. The van der Waals surface area contributed by atoms with Gasteiger partial charge in [0.1, 0.15) is 0 Å². The van der Waals surface area contributed by atoms with E-state index in [1.165, 1.54) is 0 Å². The van der Waals surface area contributed by atoms with Crippen molar-refractivity contribution in [1.29, 1.82) is 0 Å². The molecule has 0 radical (unpaired) electrons. The number of hydrogen-bond acceptors (Lipinski definition) is 3. The van der Waals surface area contributed by atoms with Crippen LogP contribution in [-0.4, -0.2) is 28.1 Å². The van der Waals surface area contributed by atoms with Crippen LogP contribution in [0.25, 0.3) is 0 Å². The van der Waals surface area contributed by atoms with Crippen LogP contribution in [0, 0.1) is 5.92 Å². The van der Waals surface area contributed by atoms with Crippen LogP contribution in [0.15, 0.2) is 30.3 Å². The van der Waals surface area contributed by atoms with Gasteiger partial charge in [-0.05, 0) is 48.9 Å². The molecule has 2 aromatic rings. The number of rotatable bonds is 7. The lowest BCUT2D eigenvalue weighted by atomic mass is 10.1. The number of hydrogen-bond donors (Lipinski definition) is 3. The third-order valence-corrected chi connectivity index (χ3v) is 4.01. The van der Waals surface area contributed by atoms with Crippen molar-refractivity contribution in [2.24, 2.45) is 5.92 Å². The Kier molecular flexibility index (Phi) is 5.16. The first-order valence-corrected chi connectivity index (χ1v) is 8.73. The molecular formula is C19H24N4O2. The molecule has 1 saturated carbocycles. The van der Waals surface area contributed by atoms with Gasteiger partial charge in [-0.25, -0.2) is 0 Å². The number of anilines is 1. The summed E-state index contributed by atoms with van der Waals surface area (Å²) < 4.78 is 0. The highest BCUT2D eigenvalue weighted by Gasteiger charge is 2.23. The van der Waals surface area contributed by atoms with Crippen molar-refractivity contribution in [2.75, 3.05) is 5.32 Å². The van der Waals surface area contributed by atoms with Gasteiger partial charge in [0.05, 0.1) is 6.42 Å². The van der Waals surface area contributed by atoms with Gasteiger partial charge in [-0.1, -0.05) is 26.0 Å². The number of nitrogens with one attached hydrogen (secondary N) is 3. The van der Waals surface area contributed by atoms with Crippen LogP contribution < -0.4 is 10.6 Å². The normalized spacial score (nSPS) is 13.7. The van der Waals surface area contributed by atoms with Crippen LogP contribution in [-0.2, 0) is 17.6 Å². The van der Waals surface area contributed by atoms with Gasteiger partial charge < -0.3 is 10.6 Å². The lowest BCUT2D eigenvalue weighted by molar-refractivity contribution is -0.120. The topological polar surface area (TPSA) is 86.9 Å². The largest absolute Gasteiger partial charge is 0.353 e. The minimum absolute atomic E-state index is 0.0495. The van der Waals surface area contributed by atoms with E-state index in [-0.39, 0.29) is 11.8 Å². The van der Waals surface area contributed by atoms with Gasteiger partial charge in [-0.2, -0.15) is 5.10 Å². The zero-order valence-corrected chi connectivity index (χ0v) is 14.6. The van der Waals surface area contributed by atoms with E-state index in [1.807, 2.05) is 12.1 Å². The Hall–Kier alpha value is -2.63. The molecule has 0 spiro atoms. The molecule has 6 heteroatoms. The average Bonchev–Trinajstić information content (AvgIpc) is 3.24. The third kappa shape index (κ3) is 5.17. The predicted octanol–water partition coefficient (Wildman–Crippen LogP) is 2.68. The van der Waals surface area contributed by atoms with Crippen LogP contribution in [0.5, 0.6) is 0 Å². The monoisotopic (exact) mass is 340 g/mol. The summed E-state index contributed by atoms with van der Waals surface area (Å²) >= 11 is 0. The summed E-state index contributed by atoms with van der Waals surface area (Å²) in [7, 11) is 0. The van der Waals surface area contributed by atoms with E-state index in [0.717, 1.165) is 30.5 Å². The molecule has 25 heavy (non-hydrogen) atoms. The van der Waals surface area contributed by atoms with Crippen molar-refractivity contribution in [2.45, 2.75) is 45.6 Å². The Morgan fingerprint density at radius 1 is 1.24 bits per heavy atom. The number of nitrogens with zero attached hydrogens (tertiary/aromatic N) is 1. The zero-order valence-electron chi connectivity index (χ0n) is 14.6. The zero-order chi connectivity index (χ0) is 17.8. The lowest BCUT2D eigenvalue weighted by Gasteiger charge is -2.06. The van der Waals surface area contributed by atoms with E-state index in [2.05, 4.69) is 34.7 Å². The highest BCUT2D eigenvalue weighted by atomic mass is 16.2. The van der Waals surface area contributed by atoms with Crippen molar-refractivity contribution in [3.63, 3.8) is 0 Å². The van der Waals surface area contributed by atoms with Gasteiger partial charge in [0.25, 0.3) is 5.91 Å². The minimum Gasteiger partial charge on any atom is -0.353 e. The maximum absolute atomic E-state index is 12.2. The summed E-state index contributed by atoms with van der Waals surface area (Å²) in [4.78, 5) is 24.0. The fourth-order valence-corrected chi connectivity index (χ4v) is 2.62. The van der Waals surface area contributed by atoms with Crippen molar-refractivity contribution in [1.82, 2.24) is 15.5 Å². The molecule has 1 aromatic carbocycles. The fourth-order valence-electron chi connectivity index (χ4n) is 2.62. The second kappa shape index (κ2) is 7.51. The summed E-state index contributed by atoms with van der Waals surface area (Å²) in [6.07, 6.45) is 3.39. The van der Waals surface area contributed by atoms with E-state index >= 15 is 0 Å². The highest BCUT2D eigenvalue weighted by Crippen LogP contribution is 2.19.